The Kier molecular flexibility index (Phi) is 4.14. The van der Waals surface area contributed by atoms with E-state index in [1.165, 1.54) is 0 Å². The maximum absolute atomic E-state index is 12.9. The monoisotopic (exact) mass is 354 g/mol. The van der Waals surface area contributed by atoms with Crippen LogP contribution in [-0.2, 0) is 11.3 Å². The van der Waals surface area contributed by atoms with Crippen molar-refractivity contribution in [1.29, 1.82) is 0 Å². The molecule has 0 unspecified atom stereocenters. The van der Waals surface area contributed by atoms with Crippen LogP contribution in [0.5, 0.6) is 0 Å². The quantitative estimate of drug-likeness (QED) is 0.781. The first-order chi connectivity index (χ1) is 12.6. The van der Waals surface area contributed by atoms with Crippen molar-refractivity contribution in [3.63, 3.8) is 0 Å². The zero-order chi connectivity index (χ0) is 18.3. The number of para-hydroxylation sites is 2. The lowest BCUT2D eigenvalue weighted by molar-refractivity contribution is -0.132. The summed E-state index contributed by atoms with van der Waals surface area (Å²) in [7, 11) is 0. The van der Waals surface area contributed by atoms with Gasteiger partial charge in [0, 0.05) is 25.1 Å². The number of carbonyl (C=O) groups is 1. The van der Waals surface area contributed by atoms with Crippen molar-refractivity contribution >= 4 is 16.9 Å². The number of aromatic amines is 1. The molecule has 1 aliphatic heterocycles. The number of benzene rings is 1. The van der Waals surface area contributed by atoms with Gasteiger partial charge in [-0.05, 0) is 38.8 Å². The predicted octanol–water partition coefficient (Wildman–Crippen LogP) is 2.69. The Morgan fingerprint density at radius 2 is 2.15 bits per heavy atom. The van der Waals surface area contributed by atoms with Gasteiger partial charge in [-0.1, -0.05) is 17.3 Å². The number of aryl methyl sites for hydroxylation is 3. The van der Waals surface area contributed by atoms with Crippen LogP contribution in [0.4, 0.5) is 0 Å². The molecule has 1 atom stereocenters. The molecule has 136 valence electrons. The Balaban J connectivity index is 1.53. The fourth-order valence-electron chi connectivity index (χ4n) is 4.01. The van der Waals surface area contributed by atoms with Gasteiger partial charge < -0.3 is 14.4 Å². The number of aromatic nitrogens is 3. The van der Waals surface area contributed by atoms with Crippen LogP contribution in [0.15, 0.2) is 33.6 Å². The van der Waals surface area contributed by atoms with Gasteiger partial charge in [-0.3, -0.25) is 9.36 Å². The molecule has 3 heterocycles. The Labute approximate surface area is 150 Å². The van der Waals surface area contributed by atoms with Gasteiger partial charge >= 0.3 is 5.69 Å². The standard InChI is InChI=1S/C19H22N4O3/c1-12-18(13(2)26-21-12)16-8-5-10-22(16)17(24)9-11-23-15-7-4-3-6-14(15)20-19(23)25/h3-4,6-7,16H,5,8-11H2,1-2H3,(H,20,25)/t16-/m0/s1. The largest absolute Gasteiger partial charge is 0.361 e. The van der Waals surface area contributed by atoms with Crippen LogP contribution in [0.1, 0.15) is 42.3 Å². The highest BCUT2D eigenvalue weighted by atomic mass is 16.5. The average molecular weight is 354 g/mol. The number of rotatable bonds is 4. The van der Waals surface area contributed by atoms with Crippen molar-refractivity contribution in [3.05, 3.63) is 51.8 Å². The Hall–Kier alpha value is -2.83. The minimum Gasteiger partial charge on any atom is -0.361 e. The predicted molar refractivity (Wildman–Crippen MR) is 96.8 cm³/mol. The fraction of sp³-hybridized carbons (Fsp3) is 0.421. The summed E-state index contributed by atoms with van der Waals surface area (Å²) in [6.07, 6.45) is 2.18. The molecular weight excluding hydrogens is 332 g/mol. The van der Waals surface area contributed by atoms with Gasteiger partial charge in [0.05, 0.1) is 22.8 Å². The van der Waals surface area contributed by atoms with Gasteiger partial charge in [0.2, 0.25) is 5.91 Å². The molecule has 1 aromatic carbocycles. The van der Waals surface area contributed by atoms with Crippen molar-refractivity contribution in [1.82, 2.24) is 19.6 Å². The molecule has 1 amide bonds. The minimum absolute atomic E-state index is 0.0217. The maximum Gasteiger partial charge on any atom is 0.326 e. The van der Waals surface area contributed by atoms with E-state index in [9.17, 15) is 9.59 Å². The van der Waals surface area contributed by atoms with Crippen LogP contribution in [0, 0.1) is 13.8 Å². The molecule has 1 aliphatic rings. The minimum atomic E-state index is -0.178. The molecule has 7 nitrogen and oxygen atoms in total. The Morgan fingerprint density at radius 1 is 1.35 bits per heavy atom. The summed E-state index contributed by atoms with van der Waals surface area (Å²) >= 11 is 0. The van der Waals surface area contributed by atoms with Crippen LogP contribution in [0.2, 0.25) is 0 Å². The summed E-state index contributed by atoms with van der Waals surface area (Å²) in [5.74, 6) is 0.838. The van der Waals surface area contributed by atoms with E-state index in [2.05, 4.69) is 10.1 Å². The van der Waals surface area contributed by atoms with Crippen LogP contribution in [0.3, 0.4) is 0 Å². The lowest BCUT2D eigenvalue weighted by Gasteiger charge is -2.25. The average Bonchev–Trinajstić information content (AvgIpc) is 3.30. The highest BCUT2D eigenvalue weighted by Gasteiger charge is 2.33. The molecule has 7 heteroatoms. The molecule has 0 bridgehead atoms. The highest BCUT2D eigenvalue weighted by molar-refractivity contribution is 5.78. The molecule has 4 rings (SSSR count). The van der Waals surface area contributed by atoms with E-state index < -0.39 is 0 Å². The highest BCUT2D eigenvalue weighted by Crippen LogP contribution is 2.35. The number of amides is 1. The molecule has 3 aromatic rings. The van der Waals surface area contributed by atoms with E-state index in [0.29, 0.717) is 13.0 Å². The maximum atomic E-state index is 12.9. The number of fused-ring (bicyclic) bond motifs is 1. The van der Waals surface area contributed by atoms with Crippen molar-refractivity contribution in [2.75, 3.05) is 6.54 Å². The first-order valence-electron chi connectivity index (χ1n) is 8.96. The summed E-state index contributed by atoms with van der Waals surface area (Å²) < 4.78 is 6.91. The molecular formula is C19H22N4O3. The number of H-pyrrole nitrogens is 1. The third-order valence-corrected chi connectivity index (χ3v) is 5.23. The van der Waals surface area contributed by atoms with Gasteiger partial charge in [-0.15, -0.1) is 0 Å². The Bertz CT molecular complexity index is 994. The van der Waals surface area contributed by atoms with E-state index in [-0.39, 0.29) is 17.6 Å². The first-order valence-corrected chi connectivity index (χ1v) is 8.96. The second kappa shape index (κ2) is 6.48. The molecule has 2 aromatic heterocycles. The van der Waals surface area contributed by atoms with E-state index in [1.54, 1.807) is 4.57 Å². The summed E-state index contributed by atoms with van der Waals surface area (Å²) in [5.41, 5.74) is 3.32. The molecule has 0 saturated carbocycles. The normalized spacial score (nSPS) is 17.3. The number of carbonyl (C=O) groups excluding carboxylic acids is 1. The first kappa shape index (κ1) is 16.6. The lowest BCUT2D eigenvalue weighted by Crippen LogP contribution is -2.32. The number of imidazole rings is 1. The topological polar surface area (TPSA) is 84.1 Å². The van der Waals surface area contributed by atoms with Crippen molar-refractivity contribution < 1.29 is 9.32 Å². The van der Waals surface area contributed by atoms with Gasteiger partial charge in [0.25, 0.3) is 0 Å². The van der Waals surface area contributed by atoms with Crippen molar-refractivity contribution in [3.8, 4) is 0 Å². The summed E-state index contributed by atoms with van der Waals surface area (Å²) in [5, 5.41) is 4.02. The van der Waals surface area contributed by atoms with E-state index in [4.69, 9.17) is 4.52 Å². The number of likely N-dealkylation sites (tertiary alicyclic amines) is 1. The van der Waals surface area contributed by atoms with Crippen molar-refractivity contribution in [2.24, 2.45) is 0 Å². The second-order valence-electron chi connectivity index (χ2n) is 6.83. The summed E-state index contributed by atoms with van der Waals surface area (Å²) in [6, 6.07) is 7.55. The second-order valence-corrected chi connectivity index (χ2v) is 6.83. The molecule has 0 spiro atoms. The molecule has 0 radical (unpaired) electrons. The summed E-state index contributed by atoms with van der Waals surface area (Å²) in [6.45, 7) is 4.91. The number of nitrogens with zero attached hydrogens (tertiary/aromatic N) is 3. The molecule has 0 aliphatic carbocycles. The van der Waals surface area contributed by atoms with E-state index in [1.807, 2.05) is 43.0 Å². The van der Waals surface area contributed by atoms with E-state index >= 15 is 0 Å². The zero-order valence-electron chi connectivity index (χ0n) is 15.0. The number of hydrogen-bond acceptors (Lipinski definition) is 4. The zero-order valence-corrected chi connectivity index (χ0v) is 15.0. The third kappa shape index (κ3) is 2.73. The van der Waals surface area contributed by atoms with Gasteiger partial charge in [-0.2, -0.15) is 0 Å². The van der Waals surface area contributed by atoms with Crippen LogP contribution in [0.25, 0.3) is 11.0 Å². The van der Waals surface area contributed by atoms with Crippen LogP contribution in [-0.4, -0.2) is 32.1 Å². The smallest absolute Gasteiger partial charge is 0.326 e. The SMILES string of the molecule is Cc1noc(C)c1[C@@H]1CCCN1C(=O)CCn1c(=O)[nH]c2ccccc21. The molecule has 1 saturated heterocycles. The van der Waals surface area contributed by atoms with Gasteiger partial charge in [-0.25, -0.2) is 4.79 Å². The fourth-order valence-corrected chi connectivity index (χ4v) is 4.01. The van der Waals surface area contributed by atoms with Gasteiger partial charge in [0.1, 0.15) is 5.76 Å². The number of nitrogens with one attached hydrogen (secondary N) is 1. The van der Waals surface area contributed by atoms with E-state index in [0.717, 1.165) is 47.4 Å². The van der Waals surface area contributed by atoms with Crippen LogP contribution < -0.4 is 5.69 Å². The molecule has 26 heavy (non-hydrogen) atoms. The molecule has 1 fully saturated rings. The number of hydrogen-bond donors (Lipinski definition) is 1. The van der Waals surface area contributed by atoms with Gasteiger partial charge in [0.15, 0.2) is 0 Å². The summed E-state index contributed by atoms with van der Waals surface area (Å²) in [4.78, 5) is 29.8. The van der Waals surface area contributed by atoms with Crippen LogP contribution >= 0.6 is 0 Å². The third-order valence-electron chi connectivity index (χ3n) is 5.23. The lowest BCUT2D eigenvalue weighted by atomic mass is 10.0. The Morgan fingerprint density at radius 3 is 2.92 bits per heavy atom. The van der Waals surface area contributed by atoms with Crippen molar-refractivity contribution in [2.45, 2.75) is 45.7 Å². The molecule has 1 N–H and O–H groups in total.